The molecule has 0 atom stereocenters. The summed E-state index contributed by atoms with van der Waals surface area (Å²) in [4.78, 5) is 15.8. The molecule has 0 aliphatic heterocycles. The number of carbonyl (C=O) groups is 1. The molecule has 4 nitrogen and oxygen atoms in total. The Morgan fingerprint density at radius 1 is 1.35 bits per heavy atom. The molecular weight excluding hydrogens is 242 g/mol. The molecule has 88 valence electrons. The fourth-order valence-corrected chi connectivity index (χ4v) is 1.78. The van der Waals surface area contributed by atoms with Gasteiger partial charge in [0.25, 0.3) is 0 Å². The second-order valence-corrected chi connectivity index (χ2v) is 3.79. The number of nitrogens with zero attached hydrogens (tertiary/aromatic N) is 1. The van der Waals surface area contributed by atoms with Crippen LogP contribution in [0.15, 0.2) is 24.4 Å². The van der Waals surface area contributed by atoms with Crippen molar-refractivity contribution in [2.24, 2.45) is 0 Å². The van der Waals surface area contributed by atoms with Crippen LogP contribution in [0.4, 0.5) is 0 Å². The Morgan fingerprint density at radius 2 is 2.12 bits per heavy atom. The number of hydrogen-bond donors (Lipinski definition) is 0. The predicted molar refractivity (Wildman–Crippen MR) is 64.6 cm³/mol. The number of benzene rings is 1. The third-order valence-corrected chi connectivity index (χ3v) is 2.61. The number of carbonyl (C=O) groups excluding carboxylic acids is 1. The highest BCUT2D eigenvalue weighted by Crippen LogP contribution is 2.28. The lowest BCUT2D eigenvalue weighted by Gasteiger charge is -2.08. The number of rotatable bonds is 2. The van der Waals surface area contributed by atoms with E-state index >= 15 is 0 Å². The van der Waals surface area contributed by atoms with Gasteiger partial charge in [0.1, 0.15) is 11.3 Å². The van der Waals surface area contributed by atoms with Crippen LogP contribution in [0.3, 0.4) is 0 Å². The number of methoxy groups -OCH3 is 2. The molecule has 0 N–H and O–H groups in total. The maximum Gasteiger partial charge on any atom is 0.338 e. The van der Waals surface area contributed by atoms with Gasteiger partial charge in [-0.2, -0.15) is 0 Å². The minimum Gasteiger partial charge on any atom is -0.494 e. The molecule has 0 spiro atoms. The predicted octanol–water partition coefficient (Wildman–Crippen LogP) is 2.68. The minimum absolute atomic E-state index is 0.415. The molecule has 5 heteroatoms. The first-order valence-corrected chi connectivity index (χ1v) is 5.25. The maximum absolute atomic E-state index is 11.6. The molecule has 1 aromatic heterocycles. The molecule has 0 radical (unpaired) electrons. The number of ether oxygens (including phenoxy) is 2. The van der Waals surface area contributed by atoms with Crippen molar-refractivity contribution < 1.29 is 14.3 Å². The first-order chi connectivity index (χ1) is 8.17. The number of pyridine rings is 1. The van der Waals surface area contributed by atoms with E-state index in [4.69, 9.17) is 21.1 Å². The number of esters is 1. The first-order valence-electron chi connectivity index (χ1n) is 4.88. The fraction of sp³-hybridized carbons (Fsp3) is 0.167. The SMILES string of the molecule is COC(=O)c1ccc(OC)c2ncc(Cl)cc12. The Hall–Kier alpha value is -1.81. The van der Waals surface area contributed by atoms with E-state index in [0.717, 1.165) is 0 Å². The third-order valence-electron chi connectivity index (χ3n) is 2.40. The summed E-state index contributed by atoms with van der Waals surface area (Å²) in [5.41, 5.74) is 0.998. The molecule has 1 heterocycles. The zero-order valence-corrected chi connectivity index (χ0v) is 10.1. The molecule has 0 amide bonds. The van der Waals surface area contributed by atoms with Gasteiger partial charge in [-0.3, -0.25) is 4.98 Å². The Kier molecular flexibility index (Phi) is 3.15. The van der Waals surface area contributed by atoms with Crippen molar-refractivity contribution in [1.82, 2.24) is 4.98 Å². The summed E-state index contributed by atoms with van der Waals surface area (Å²) in [5.74, 6) is 0.158. The zero-order valence-electron chi connectivity index (χ0n) is 9.36. The van der Waals surface area contributed by atoms with Gasteiger partial charge in [0, 0.05) is 11.6 Å². The summed E-state index contributed by atoms with van der Waals surface area (Å²) in [6, 6.07) is 4.97. The van der Waals surface area contributed by atoms with Crippen LogP contribution in [0.5, 0.6) is 5.75 Å². The molecule has 0 saturated carbocycles. The molecule has 2 rings (SSSR count). The number of fused-ring (bicyclic) bond motifs is 1. The summed E-state index contributed by atoms with van der Waals surface area (Å²) >= 11 is 5.88. The highest BCUT2D eigenvalue weighted by Gasteiger charge is 2.14. The van der Waals surface area contributed by atoms with Gasteiger partial charge in [-0.1, -0.05) is 11.6 Å². The molecule has 0 bridgehead atoms. The highest BCUT2D eigenvalue weighted by molar-refractivity contribution is 6.31. The quantitative estimate of drug-likeness (QED) is 0.770. The van der Waals surface area contributed by atoms with E-state index in [1.54, 1.807) is 25.3 Å². The lowest BCUT2D eigenvalue weighted by atomic mass is 10.1. The standard InChI is InChI=1S/C12H10ClNO3/c1-16-10-4-3-8(12(15)17-2)9-5-7(13)6-14-11(9)10/h3-6H,1-2H3. The van der Waals surface area contributed by atoms with Crippen LogP contribution in [-0.2, 0) is 4.74 Å². The average molecular weight is 252 g/mol. The topological polar surface area (TPSA) is 48.4 Å². The summed E-state index contributed by atoms with van der Waals surface area (Å²) in [6.45, 7) is 0. The van der Waals surface area contributed by atoms with Crippen LogP contribution in [0.25, 0.3) is 10.9 Å². The van der Waals surface area contributed by atoms with Crippen molar-refractivity contribution in [2.45, 2.75) is 0 Å². The maximum atomic E-state index is 11.6. The summed E-state index contributed by atoms with van der Waals surface area (Å²) in [5, 5.41) is 1.07. The molecule has 17 heavy (non-hydrogen) atoms. The van der Waals surface area contributed by atoms with E-state index < -0.39 is 5.97 Å². The van der Waals surface area contributed by atoms with Crippen LogP contribution in [-0.4, -0.2) is 25.2 Å². The average Bonchev–Trinajstić information content (AvgIpc) is 2.36. The van der Waals surface area contributed by atoms with Gasteiger partial charge in [0.15, 0.2) is 0 Å². The van der Waals surface area contributed by atoms with E-state index in [1.807, 2.05) is 0 Å². The molecule has 2 aromatic rings. The van der Waals surface area contributed by atoms with Crippen molar-refractivity contribution >= 4 is 28.5 Å². The summed E-state index contributed by atoms with van der Waals surface area (Å²) in [6.07, 6.45) is 1.51. The van der Waals surface area contributed by atoms with Crippen molar-refractivity contribution in [3.8, 4) is 5.75 Å². The smallest absolute Gasteiger partial charge is 0.338 e. The van der Waals surface area contributed by atoms with Crippen LogP contribution >= 0.6 is 11.6 Å². The van der Waals surface area contributed by atoms with Gasteiger partial charge in [0.2, 0.25) is 0 Å². The normalized spacial score (nSPS) is 10.3. The van der Waals surface area contributed by atoms with Gasteiger partial charge < -0.3 is 9.47 Å². The van der Waals surface area contributed by atoms with E-state index in [9.17, 15) is 4.79 Å². The second-order valence-electron chi connectivity index (χ2n) is 3.36. The lowest BCUT2D eigenvalue weighted by molar-refractivity contribution is 0.0603. The van der Waals surface area contributed by atoms with Crippen LogP contribution in [0.2, 0.25) is 5.02 Å². The van der Waals surface area contributed by atoms with Gasteiger partial charge >= 0.3 is 5.97 Å². The van der Waals surface area contributed by atoms with Crippen molar-refractivity contribution in [3.63, 3.8) is 0 Å². The van der Waals surface area contributed by atoms with Crippen molar-refractivity contribution in [1.29, 1.82) is 0 Å². The van der Waals surface area contributed by atoms with E-state index in [0.29, 0.717) is 27.2 Å². The van der Waals surface area contributed by atoms with E-state index in [2.05, 4.69) is 4.98 Å². The molecule has 1 aromatic carbocycles. The largest absolute Gasteiger partial charge is 0.494 e. The van der Waals surface area contributed by atoms with Gasteiger partial charge in [0.05, 0.1) is 24.8 Å². The number of halogens is 1. The van der Waals surface area contributed by atoms with Gasteiger partial charge in [-0.25, -0.2) is 4.79 Å². The van der Waals surface area contributed by atoms with Crippen LogP contribution < -0.4 is 4.74 Å². The van der Waals surface area contributed by atoms with Gasteiger partial charge in [-0.05, 0) is 18.2 Å². The van der Waals surface area contributed by atoms with Crippen LogP contribution in [0, 0.1) is 0 Å². The number of aromatic nitrogens is 1. The zero-order chi connectivity index (χ0) is 12.4. The van der Waals surface area contributed by atoms with E-state index in [1.165, 1.54) is 13.3 Å². The van der Waals surface area contributed by atoms with Gasteiger partial charge in [-0.15, -0.1) is 0 Å². The highest BCUT2D eigenvalue weighted by atomic mass is 35.5. The Morgan fingerprint density at radius 3 is 2.76 bits per heavy atom. The molecule has 0 aliphatic carbocycles. The molecular formula is C12H10ClNO3. The molecule has 0 saturated heterocycles. The Bertz CT molecular complexity index is 583. The molecule has 0 unspecified atom stereocenters. The van der Waals surface area contributed by atoms with E-state index in [-0.39, 0.29) is 0 Å². The summed E-state index contributed by atoms with van der Waals surface area (Å²) < 4.78 is 9.89. The number of hydrogen-bond acceptors (Lipinski definition) is 4. The summed E-state index contributed by atoms with van der Waals surface area (Å²) in [7, 11) is 2.87. The lowest BCUT2D eigenvalue weighted by Crippen LogP contribution is -2.03. The minimum atomic E-state index is -0.429. The molecule has 0 fully saturated rings. The first kappa shape index (κ1) is 11.7. The van der Waals surface area contributed by atoms with Crippen molar-refractivity contribution in [3.05, 3.63) is 35.0 Å². The Balaban J connectivity index is 2.78. The molecule has 0 aliphatic rings. The van der Waals surface area contributed by atoms with Crippen molar-refractivity contribution in [2.75, 3.05) is 14.2 Å². The third kappa shape index (κ3) is 2.03. The fourth-order valence-electron chi connectivity index (χ4n) is 1.62. The van der Waals surface area contributed by atoms with Crippen LogP contribution in [0.1, 0.15) is 10.4 Å². The Labute approximate surface area is 103 Å². The second kappa shape index (κ2) is 4.59. The monoisotopic (exact) mass is 251 g/mol.